The molecule has 0 saturated heterocycles. The molecule has 6 heteroatoms. The minimum Gasteiger partial charge on any atom is -0.462 e. The monoisotopic (exact) mass is 989 g/mol. The van der Waals surface area contributed by atoms with E-state index in [9.17, 15) is 14.4 Å². The van der Waals surface area contributed by atoms with Gasteiger partial charge in [-0.1, -0.05) is 234 Å². The van der Waals surface area contributed by atoms with Crippen LogP contribution in [0.4, 0.5) is 0 Å². The van der Waals surface area contributed by atoms with Gasteiger partial charge in [0.15, 0.2) is 6.10 Å². The molecule has 0 bridgehead atoms. The molecule has 0 spiro atoms. The number of ether oxygens (including phenoxy) is 3. The molecule has 71 heavy (non-hydrogen) atoms. The third kappa shape index (κ3) is 57.4. The third-order valence-electron chi connectivity index (χ3n) is 12.8. The van der Waals surface area contributed by atoms with Gasteiger partial charge in [0.05, 0.1) is 0 Å². The minimum absolute atomic E-state index is 0.0920. The molecule has 0 rings (SSSR count). The summed E-state index contributed by atoms with van der Waals surface area (Å²) in [5.74, 6) is -0.928. The van der Waals surface area contributed by atoms with E-state index in [-0.39, 0.29) is 31.1 Å². The summed E-state index contributed by atoms with van der Waals surface area (Å²) in [6.07, 6.45) is 77.1. The molecule has 0 heterocycles. The van der Waals surface area contributed by atoms with Crippen molar-refractivity contribution in [3.8, 4) is 0 Å². The average Bonchev–Trinajstić information content (AvgIpc) is 3.37. The van der Waals surface area contributed by atoms with Crippen molar-refractivity contribution < 1.29 is 28.6 Å². The Labute approximate surface area is 439 Å². The molecule has 0 radical (unpaired) electrons. The summed E-state index contributed by atoms with van der Waals surface area (Å²) in [5.41, 5.74) is 0. The largest absolute Gasteiger partial charge is 0.462 e. The normalized spacial score (nSPS) is 12.7. The lowest BCUT2D eigenvalue weighted by atomic mass is 10.1. The Balaban J connectivity index is 4.46. The van der Waals surface area contributed by atoms with Gasteiger partial charge in [0.1, 0.15) is 13.2 Å². The number of hydrogen-bond donors (Lipinski definition) is 0. The molecule has 0 unspecified atom stereocenters. The van der Waals surface area contributed by atoms with Crippen molar-refractivity contribution in [2.45, 2.75) is 297 Å². The second-order valence-corrected chi connectivity index (χ2v) is 19.9. The van der Waals surface area contributed by atoms with Crippen molar-refractivity contribution in [2.24, 2.45) is 0 Å². The maximum Gasteiger partial charge on any atom is 0.306 e. The number of allylic oxidation sites excluding steroid dienone is 14. The van der Waals surface area contributed by atoms with E-state index in [0.717, 1.165) is 96.3 Å². The second kappa shape index (κ2) is 59.2. The summed E-state index contributed by atoms with van der Waals surface area (Å²) in [7, 11) is 0. The van der Waals surface area contributed by atoms with Crippen LogP contribution >= 0.6 is 0 Å². The lowest BCUT2D eigenvalue weighted by Gasteiger charge is -2.18. The lowest BCUT2D eigenvalue weighted by molar-refractivity contribution is -0.167. The van der Waals surface area contributed by atoms with Crippen molar-refractivity contribution in [1.29, 1.82) is 0 Å². The first kappa shape index (κ1) is 67.6. The van der Waals surface area contributed by atoms with Gasteiger partial charge in [-0.2, -0.15) is 0 Å². The molecule has 0 aromatic heterocycles. The first-order valence-corrected chi connectivity index (χ1v) is 30.1. The zero-order valence-electron chi connectivity index (χ0n) is 46.7. The van der Waals surface area contributed by atoms with Crippen LogP contribution in [-0.4, -0.2) is 37.2 Å². The molecule has 1 atom stereocenters. The van der Waals surface area contributed by atoms with Gasteiger partial charge in [-0.3, -0.25) is 14.4 Å². The van der Waals surface area contributed by atoms with Crippen LogP contribution in [-0.2, 0) is 28.6 Å². The summed E-state index contributed by atoms with van der Waals surface area (Å²) in [6, 6.07) is 0. The van der Waals surface area contributed by atoms with E-state index in [4.69, 9.17) is 14.2 Å². The highest BCUT2D eigenvalue weighted by Gasteiger charge is 2.19. The molecule has 0 aliphatic heterocycles. The summed E-state index contributed by atoms with van der Waals surface area (Å²) in [4.78, 5) is 38.2. The number of carbonyl (C=O) groups excluding carboxylic acids is 3. The van der Waals surface area contributed by atoms with E-state index >= 15 is 0 Å². The quantitative estimate of drug-likeness (QED) is 0.0261. The predicted octanol–water partition coefficient (Wildman–Crippen LogP) is 20.3. The summed E-state index contributed by atoms with van der Waals surface area (Å²) >= 11 is 0. The van der Waals surface area contributed by atoms with E-state index in [1.165, 1.54) is 154 Å². The molecule has 0 aromatic rings. The second-order valence-electron chi connectivity index (χ2n) is 19.9. The van der Waals surface area contributed by atoms with Crippen molar-refractivity contribution in [3.05, 3.63) is 85.1 Å². The zero-order chi connectivity index (χ0) is 51.4. The SMILES string of the molecule is CCCCC/C=C\C/C=C\C/C=C\C/C=C\CCCCCC(=O)OC[C@@H](COC(=O)CCCCCCCCC/C=C\CCCCCCCC)OC(=O)CCCCCCCCC/C=C\C/C=C\CCCCC. The van der Waals surface area contributed by atoms with E-state index < -0.39 is 6.10 Å². The van der Waals surface area contributed by atoms with Gasteiger partial charge < -0.3 is 14.2 Å². The lowest BCUT2D eigenvalue weighted by Crippen LogP contribution is -2.30. The Morgan fingerprint density at radius 1 is 0.282 bits per heavy atom. The van der Waals surface area contributed by atoms with Gasteiger partial charge in [-0.05, 0) is 122 Å². The summed E-state index contributed by atoms with van der Waals surface area (Å²) in [5, 5.41) is 0. The van der Waals surface area contributed by atoms with Gasteiger partial charge in [0, 0.05) is 19.3 Å². The number of rotatable bonds is 54. The fourth-order valence-electron chi connectivity index (χ4n) is 8.27. The fraction of sp³-hybridized carbons (Fsp3) is 0.738. The first-order valence-electron chi connectivity index (χ1n) is 30.1. The molecule has 408 valence electrons. The van der Waals surface area contributed by atoms with Crippen molar-refractivity contribution in [3.63, 3.8) is 0 Å². The maximum atomic E-state index is 12.9. The standard InChI is InChI=1S/C65H112O6/c1-4-7-10-13-16-19-22-25-28-31-32-35-37-40-43-46-49-52-55-58-64(67)70-61-62(71-65(68)59-56-53-50-47-44-41-38-34-30-27-24-21-18-15-12-9-6-3)60-69-63(66)57-54-51-48-45-42-39-36-33-29-26-23-20-17-14-11-8-5-2/h16,18-19,21,25-30,32,35,40,43,62H,4-15,17,20,22-24,31,33-34,36-39,41-42,44-61H2,1-3H3/b19-16-,21-18-,28-25-,29-26-,30-27-,35-32-,43-40-/t62-/m1/s1. The minimum atomic E-state index is -0.797. The predicted molar refractivity (Wildman–Crippen MR) is 307 cm³/mol. The molecule has 0 fully saturated rings. The van der Waals surface area contributed by atoms with Crippen LogP contribution in [0.25, 0.3) is 0 Å². The molecular formula is C65H112O6. The molecule has 0 aliphatic rings. The smallest absolute Gasteiger partial charge is 0.306 e. The van der Waals surface area contributed by atoms with Crippen LogP contribution in [0, 0.1) is 0 Å². The van der Waals surface area contributed by atoms with Gasteiger partial charge in [0.2, 0.25) is 0 Å². The Hall–Kier alpha value is -3.41. The summed E-state index contributed by atoms with van der Waals surface area (Å²) in [6.45, 7) is 6.56. The number of esters is 3. The molecule has 0 amide bonds. The van der Waals surface area contributed by atoms with Crippen LogP contribution in [0.15, 0.2) is 85.1 Å². The Morgan fingerprint density at radius 2 is 0.507 bits per heavy atom. The highest BCUT2D eigenvalue weighted by molar-refractivity contribution is 5.71. The number of hydrogen-bond acceptors (Lipinski definition) is 6. The van der Waals surface area contributed by atoms with E-state index in [1.807, 2.05) is 0 Å². The Bertz CT molecular complexity index is 1370. The van der Waals surface area contributed by atoms with E-state index in [0.29, 0.717) is 19.3 Å². The van der Waals surface area contributed by atoms with Crippen LogP contribution < -0.4 is 0 Å². The number of carbonyl (C=O) groups is 3. The molecule has 0 aromatic carbocycles. The first-order chi connectivity index (χ1) is 35.0. The van der Waals surface area contributed by atoms with Gasteiger partial charge in [-0.25, -0.2) is 0 Å². The molecular weight excluding hydrogens is 877 g/mol. The van der Waals surface area contributed by atoms with Crippen LogP contribution in [0.3, 0.4) is 0 Å². The average molecular weight is 990 g/mol. The Morgan fingerprint density at radius 3 is 0.845 bits per heavy atom. The topological polar surface area (TPSA) is 78.9 Å². The molecule has 0 aliphatic carbocycles. The van der Waals surface area contributed by atoms with Crippen molar-refractivity contribution in [2.75, 3.05) is 13.2 Å². The Kier molecular flexibility index (Phi) is 56.3. The molecule has 0 N–H and O–H groups in total. The highest BCUT2D eigenvalue weighted by atomic mass is 16.6. The summed E-state index contributed by atoms with van der Waals surface area (Å²) < 4.78 is 16.9. The van der Waals surface area contributed by atoms with Crippen LogP contribution in [0.1, 0.15) is 290 Å². The van der Waals surface area contributed by atoms with Gasteiger partial charge >= 0.3 is 17.9 Å². The third-order valence-corrected chi connectivity index (χ3v) is 12.8. The fourth-order valence-corrected chi connectivity index (χ4v) is 8.27. The van der Waals surface area contributed by atoms with E-state index in [1.54, 1.807) is 0 Å². The van der Waals surface area contributed by atoms with Crippen molar-refractivity contribution in [1.82, 2.24) is 0 Å². The highest BCUT2D eigenvalue weighted by Crippen LogP contribution is 2.15. The van der Waals surface area contributed by atoms with Gasteiger partial charge in [0.25, 0.3) is 0 Å². The van der Waals surface area contributed by atoms with E-state index in [2.05, 4.69) is 106 Å². The van der Waals surface area contributed by atoms with Crippen molar-refractivity contribution >= 4 is 17.9 Å². The van der Waals surface area contributed by atoms with Crippen LogP contribution in [0.5, 0.6) is 0 Å². The van der Waals surface area contributed by atoms with Crippen LogP contribution in [0.2, 0.25) is 0 Å². The number of unbranched alkanes of at least 4 members (excludes halogenated alkanes) is 29. The zero-order valence-corrected chi connectivity index (χ0v) is 46.7. The van der Waals surface area contributed by atoms with Gasteiger partial charge in [-0.15, -0.1) is 0 Å². The maximum absolute atomic E-state index is 12.9. The molecule has 0 saturated carbocycles. The molecule has 6 nitrogen and oxygen atoms in total.